The van der Waals surface area contributed by atoms with Gasteiger partial charge in [-0.05, 0) is 44.9 Å². The van der Waals surface area contributed by atoms with E-state index in [1.807, 2.05) is 17.9 Å². The molecule has 0 atom stereocenters. The number of imidazole rings is 1. The van der Waals surface area contributed by atoms with Crippen molar-refractivity contribution < 1.29 is 0 Å². The lowest BCUT2D eigenvalue weighted by Gasteiger charge is -2.35. The van der Waals surface area contributed by atoms with E-state index in [4.69, 9.17) is 4.98 Å². The monoisotopic (exact) mass is 360 g/mol. The number of hydrogen-bond donors (Lipinski definition) is 0. The summed E-state index contributed by atoms with van der Waals surface area (Å²) in [5.41, 5.74) is 5.62. The maximum Gasteiger partial charge on any atom is 0.159 e. The number of nitrogens with zero attached hydrogens (tertiary/aromatic N) is 6. The van der Waals surface area contributed by atoms with Crippen LogP contribution in [0.25, 0.3) is 22.1 Å². The van der Waals surface area contributed by atoms with Crippen molar-refractivity contribution in [3.05, 3.63) is 48.0 Å². The molecule has 6 heteroatoms. The molecule has 0 aliphatic carbocycles. The van der Waals surface area contributed by atoms with Crippen LogP contribution in [0.4, 0.5) is 5.69 Å². The highest BCUT2D eigenvalue weighted by Gasteiger charge is 2.25. The van der Waals surface area contributed by atoms with Crippen LogP contribution in [0.1, 0.15) is 30.4 Å². The molecule has 1 aliphatic heterocycles. The van der Waals surface area contributed by atoms with Crippen molar-refractivity contribution in [2.75, 3.05) is 18.0 Å². The number of fused-ring (bicyclic) bond motifs is 2. The standard InChI is InChI=1S/C21H24N6/c1-14-20-19(8-11-22-21(20)25(3)24-14)26-12-9-16(10-13-26)27-15(2)23-17-6-4-5-7-18(17)27/h4-8,11,16H,9-10,12-13H2,1-3H3. The van der Waals surface area contributed by atoms with Gasteiger partial charge in [-0.25, -0.2) is 9.97 Å². The minimum Gasteiger partial charge on any atom is -0.371 e. The van der Waals surface area contributed by atoms with Crippen molar-refractivity contribution in [3.63, 3.8) is 0 Å². The summed E-state index contributed by atoms with van der Waals surface area (Å²) in [4.78, 5) is 11.8. The zero-order chi connectivity index (χ0) is 18.5. The molecule has 3 aromatic heterocycles. The van der Waals surface area contributed by atoms with Gasteiger partial charge in [0.15, 0.2) is 5.65 Å². The quantitative estimate of drug-likeness (QED) is 0.546. The lowest BCUT2D eigenvalue weighted by atomic mass is 10.0. The largest absolute Gasteiger partial charge is 0.371 e. The van der Waals surface area contributed by atoms with Crippen LogP contribution in [0.3, 0.4) is 0 Å². The van der Waals surface area contributed by atoms with E-state index in [-0.39, 0.29) is 0 Å². The van der Waals surface area contributed by atoms with E-state index in [1.165, 1.54) is 16.6 Å². The fourth-order valence-corrected chi connectivity index (χ4v) is 4.61. The van der Waals surface area contributed by atoms with Crippen LogP contribution in [0.2, 0.25) is 0 Å². The molecule has 1 saturated heterocycles. The topological polar surface area (TPSA) is 51.8 Å². The SMILES string of the molecule is Cc1nn(C)c2nccc(N3CCC(n4c(C)nc5ccccc54)CC3)c12. The highest BCUT2D eigenvalue weighted by molar-refractivity contribution is 5.92. The Morgan fingerprint density at radius 3 is 2.63 bits per heavy atom. The molecule has 0 amide bonds. The van der Waals surface area contributed by atoms with E-state index < -0.39 is 0 Å². The van der Waals surface area contributed by atoms with Crippen LogP contribution in [-0.2, 0) is 7.05 Å². The predicted octanol–water partition coefficient (Wildman–Crippen LogP) is 3.78. The van der Waals surface area contributed by atoms with E-state index in [1.54, 1.807) is 0 Å². The van der Waals surface area contributed by atoms with Crippen molar-refractivity contribution >= 4 is 27.8 Å². The maximum absolute atomic E-state index is 4.75. The number of benzene rings is 1. The summed E-state index contributed by atoms with van der Waals surface area (Å²) in [6, 6.07) is 11.1. The van der Waals surface area contributed by atoms with Crippen LogP contribution < -0.4 is 4.90 Å². The Morgan fingerprint density at radius 1 is 1.04 bits per heavy atom. The van der Waals surface area contributed by atoms with Gasteiger partial charge in [0.05, 0.1) is 27.8 Å². The number of aryl methyl sites for hydroxylation is 3. The third-order valence-corrected chi connectivity index (χ3v) is 5.82. The van der Waals surface area contributed by atoms with E-state index in [9.17, 15) is 0 Å². The average Bonchev–Trinajstić information content (AvgIpc) is 3.17. The number of piperidine rings is 1. The molecule has 6 nitrogen and oxygen atoms in total. The number of hydrogen-bond acceptors (Lipinski definition) is 4. The second-order valence-electron chi connectivity index (χ2n) is 7.47. The summed E-state index contributed by atoms with van der Waals surface area (Å²) in [6.45, 7) is 6.26. The van der Waals surface area contributed by atoms with Crippen LogP contribution in [0.15, 0.2) is 36.5 Å². The van der Waals surface area contributed by atoms with Gasteiger partial charge >= 0.3 is 0 Å². The van der Waals surface area contributed by atoms with E-state index in [0.29, 0.717) is 6.04 Å². The number of rotatable bonds is 2. The number of anilines is 1. The van der Waals surface area contributed by atoms with Gasteiger partial charge in [-0.3, -0.25) is 4.68 Å². The molecule has 0 bridgehead atoms. The third kappa shape index (κ3) is 2.51. The first-order valence-corrected chi connectivity index (χ1v) is 9.60. The molecule has 4 heterocycles. The van der Waals surface area contributed by atoms with Gasteiger partial charge < -0.3 is 9.47 Å². The van der Waals surface area contributed by atoms with Crippen molar-refractivity contribution in [1.82, 2.24) is 24.3 Å². The molecular weight excluding hydrogens is 336 g/mol. The summed E-state index contributed by atoms with van der Waals surface area (Å²) >= 11 is 0. The highest BCUT2D eigenvalue weighted by atomic mass is 15.3. The molecular formula is C21H24N6. The molecule has 0 spiro atoms. The first-order valence-electron chi connectivity index (χ1n) is 9.60. The van der Waals surface area contributed by atoms with Gasteiger partial charge in [-0.15, -0.1) is 0 Å². The van der Waals surface area contributed by atoms with E-state index in [2.05, 4.69) is 63.7 Å². The summed E-state index contributed by atoms with van der Waals surface area (Å²) in [7, 11) is 1.96. The van der Waals surface area contributed by atoms with Crippen LogP contribution in [-0.4, -0.2) is 37.4 Å². The number of pyridine rings is 1. The van der Waals surface area contributed by atoms with Gasteiger partial charge in [-0.2, -0.15) is 5.10 Å². The first kappa shape index (κ1) is 16.3. The summed E-state index contributed by atoms with van der Waals surface area (Å²) in [6.07, 6.45) is 4.13. The third-order valence-electron chi connectivity index (χ3n) is 5.82. The Kier molecular flexibility index (Phi) is 3.67. The molecule has 0 saturated carbocycles. The molecule has 5 rings (SSSR count). The Labute approximate surface area is 158 Å². The molecule has 0 N–H and O–H groups in total. The smallest absolute Gasteiger partial charge is 0.159 e. The van der Waals surface area contributed by atoms with E-state index in [0.717, 1.165) is 48.6 Å². The molecule has 0 radical (unpaired) electrons. The zero-order valence-corrected chi connectivity index (χ0v) is 16.1. The maximum atomic E-state index is 4.75. The minimum atomic E-state index is 0.501. The van der Waals surface area contributed by atoms with Crippen molar-refractivity contribution in [2.24, 2.45) is 7.05 Å². The van der Waals surface area contributed by atoms with Crippen LogP contribution >= 0.6 is 0 Å². The van der Waals surface area contributed by atoms with Gasteiger partial charge in [0, 0.05) is 32.4 Å². The highest BCUT2D eigenvalue weighted by Crippen LogP contribution is 2.34. The van der Waals surface area contributed by atoms with Crippen LogP contribution in [0.5, 0.6) is 0 Å². The predicted molar refractivity (Wildman–Crippen MR) is 108 cm³/mol. The molecule has 138 valence electrons. The van der Waals surface area contributed by atoms with Crippen LogP contribution in [0, 0.1) is 13.8 Å². The van der Waals surface area contributed by atoms with Gasteiger partial charge in [0.2, 0.25) is 0 Å². The Balaban J connectivity index is 1.45. The molecule has 0 unspecified atom stereocenters. The first-order chi connectivity index (χ1) is 13.1. The molecule has 1 aliphatic rings. The summed E-state index contributed by atoms with van der Waals surface area (Å²) in [5.74, 6) is 1.11. The molecule has 1 aromatic carbocycles. The van der Waals surface area contributed by atoms with Crippen molar-refractivity contribution in [3.8, 4) is 0 Å². The van der Waals surface area contributed by atoms with Gasteiger partial charge in [-0.1, -0.05) is 12.1 Å². The average molecular weight is 360 g/mol. The lowest BCUT2D eigenvalue weighted by Crippen LogP contribution is -2.35. The number of aromatic nitrogens is 5. The lowest BCUT2D eigenvalue weighted by molar-refractivity contribution is 0.398. The zero-order valence-electron chi connectivity index (χ0n) is 16.1. The number of para-hydroxylation sites is 2. The molecule has 1 fully saturated rings. The van der Waals surface area contributed by atoms with Gasteiger partial charge in [0.1, 0.15) is 5.82 Å². The minimum absolute atomic E-state index is 0.501. The summed E-state index contributed by atoms with van der Waals surface area (Å²) < 4.78 is 4.31. The van der Waals surface area contributed by atoms with Crippen molar-refractivity contribution in [2.45, 2.75) is 32.7 Å². The Hall–Kier alpha value is -2.89. The Bertz CT molecular complexity index is 1130. The summed E-state index contributed by atoms with van der Waals surface area (Å²) in [5, 5.41) is 5.75. The van der Waals surface area contributed by atoms with E-state index >= 15 is 0 Å². The van der Waals surface area contributed by atoms with Crippen molar-refractivity contribution in [1.29, 1.82) is 0 Å². The second-order valence-corrected chi connectivity index (χ2v) is 7.47. The molecule has 4 aromatic rings. The normalized spacial score (nSPS) is 15.9. The Morgan fingerprint density at radius 2 is 1.81 bits per heavy atom. The molecule has 27 heavy (non-hydrogen) atoms. The second kappa shape index (κ2) is 6.08. The fourth-order valence-electron chi connectivity index (χ4n) is 4.61. The van der Waals surface area contributed by atoms with Gasteiger partial charge in [0.25, 0.3) is 0 Å². The fraction of sp³-hybridized carbons (Fsp3) is 0.381.